The predicted octanol–water partition coefficient (Wildman–Crippen LogP) is -0.224. The minimum Gasteiger partial charge on any atom is -0.324 e. The number of hydrogen-bond acceptors (Lipinski definition) is 4. The Hall–Kier alpha value is -0.940. The Bertz CT molecular complexity index is 252. The Morgan fingerprint density at radius 3 is 2.33 bits per heavy atom. The van der Waals surface area contributed by atoms with Crippen molar-refractivity contribution in [3.63, 3.8) is 0 Å². The van der Waals surface area contributed by atoms with Gasteiger partial charge in [0.05, 0.1) is 13.1 Å². The van der Waals surface area contributed by atoms with Gasteiger partial charge in [0.25, 0.3) is 0 Å². The summed E-state index contributed by atoms with van der Waals surface area (Å²) in [6.07, 6.45) is 0. The van der Waals surface area contributed by atoms with E-state index in [9.17, 15) is 0 Å². The zero-order chi connectivity index (χ0) is 9.14. The van der Waals surface area contributed by atoms with Crippen molar-refractivity contribution in [2.24, 2.45) is 11.5 Å². The van der Waals surface area contributed by atoms with Gasteiger partial charge in [0.15, 0.2) is 5.82 Å². The summed E-state index contributed by atoms with van der Waals surface area (Å²) in [5, 5.41) is 4.20. The van der Waals surface area contributed by atoms with E-state index < -0.39 is 0 Å². The van der Waals surface area contributed by atoms with Crippen molar-refractivity contribution in [3.8, 4) is 0 Å². The van der Waals surface area contributed by atoms with Gasteiger partial charge < -0.3 is 11.5 Å². The Balaban J connectivity index is 3.00. The molecule has 0 fully saturated rings. The van der Waals surface area contributed by atoms with Crippen LogP contribution in [-0.4, -0.2) is 14.8 Å². The lowest BCUT2D eigenvalue weighted by Gasteiger charge is -2.06. The van der Waals surface area contributed by atoms with Crippen molar-refractivity contribution >= 4 is 0 Å². The van der Waals surface area contributed by atoms with Crippen molar-refractivity contribution < 1.29 is 0 Å². The first-order chi connectivity index (χ1) is 5.69. The lowest BCUT2D eigenvalue weighted by molar-refractivity contribution is 0.502. The van der Waals surface area contributed by atoms with Crippen LogP contribution in [0.1, 0.15) is 31.5 Å². The van der Waals surface area contributed by atoms with Crippen LogP contribution in [0.15, 0.2) is 0 Å². The van der Waals surface area contributed by atoms with Crippen molar-refractivity contribution in [3.05, 3.63) is 11.6 Å². The lowest BCUT2D eigenvalue weighted by Crippen LogP contribution is -2.11. The molecule has 0 amide bonds. The number of aromatic nitrogens is 3. The van der Waals surface area contributed by atoms with E-state index >= 15 is 0 Å². The predicted molar refractivity (Wildman–Crippen MR) is 46.2 cm³/mol. The summed E-state index contributed by atoms with van der Waals surface area (Å²) in [4.78, 5) is 4.17. The highest BCUT2D eigenvalue weighted by Gasteiger charge is 2.08. The molecule has 5 nitrogen and oxygen atoms in total. The van der Waals surface area contributed by atoms with Gasteiger partial charge in [0.2, 0.25) is 0 Å². The van der Waals surface area contributed by atoms with E-state index in [-0.39, 0.29) is 6.04 Å². The van der Waals surface area contributed by atoms with E-state index in [1.807, 2.05) is 18.5 Å². The molecule has 0 aliphatic carbocycles. The quantitative estimate of drug-likeness (QED) is 0.655. The van der Waals surface area contributed by atoms with Crippen LogP contribution in [0.3, 0.4) is 0 Å². The highest BCUT2D eigenvalue weighted by molar-refractivity contribution is 4.93. The highest BCUT2D eigenvalue weighted by Crippen LogP contribution is 2.06. The maximum absolute atomic E-state index is 5.49. The molecule has 5 heteroatoms. The summed E-state index contributed by atoms with van der Waals surface area (Å²) in [7, 11) is 0. The standard InChI is InChI=1S/C7H15N5/c1-5(2)12-7(4-9)10-6(3-8)11-12/h5H,3-4,8-9H2,1-2H3. The summed E-state index contributed by atoms with van der Waals surface area (Å²) in [6.45, 7) is 4.85. The minimum absolute atomic E-state index is 0.288. The fourth-order valence-electron chi connectivity index (χ4n) is 1.04. The van der Waals surface area contributed by atoms with Crippen LogP contribution < -0.4 is 11.5 Å². The third-order valence-electron chi connectivity index (χ3n) is 1.60. The first-order valence-corrected chi connectivity index (χ1v) is 4.03. The molecule has 1 rings (SSSR count). The van der Waals surface area contributed by atoms with Crippen LogP contribution in [0.4, 0.5) is 0 Å². The van der Waals surface area contributed by atoms with Crippen molar-refractivity contribution in [1.82, 2.24) is 14.8 Å². The number of nitrogens with two attached hydrogens (primary N) is 2. The largest absolute Gasteiger partial charge is 0.324 e. The van der Waals surface area contributed by atoms with Gasteiger partial charge in [-0.25, -0.2) is 9.67 Å². The van der Waals surface area contributed by atoms with Gasteiger partial charge in [-0.3, -0.25) is 0 Å². The van der Waals surface area contributed by atoms with Crippen LogP contribution in [0.5, 0.6) is 0 Å². The zero-order valence-electron chi connectivity index (χ0n) is 7.49. The maximum Gasteiger partial charge on any atom is 0.164 e. The second-order valence-electron chi connectivity index (χ2n) is 2.89. The van der Waals surface area contributed by atoms with Crippen LogP contribution in [0.25, 0.3) is 0 Å². The van der Waals surface area contributed by atoms with Gasteiger partial charge in [-0.1, -0.05) is 0 Å². The number of rotatable bonds is 3. The lowest BCUT2D eigenvalue weighted by atomic mass is 10.4. The summed E-state index contributed by atoms with van der Waals surface area (Å²) in [5.74, 6) is 1.45. The van der Waals surface area contributed by atoms with Crippen molar-refractivity contribution in [2.45, 2.75) is 33.0 Å². The topological polar surface area (TPSA) is 82.8 Å². The molecule has 0 spiro atoms. The SMILES string of the molecule is CC(C)n1nc(CN)nc1CN. The van der Waals surface area contributed by atoms with Gasteiger partial charge >= 0.3 is 0 Å². The minimum atomic E-state index is 0.288. The molecule has 0 unspecified atom stereocenters. The summed E-state index contributed by atoms with van der Waals surface area (Å²) in [6, 6.07) is 0.288. The Kier molecular flexibility index (Phi) is 2.78. The van der Waals surface area contributed by atoms with Gasteiger partial charge in [0.1, 0.15) is 5.82 Å². The van der Waals surface area contributed by atoms with E-state index in [0.717, 1.165) is 5.82 Å². The summed E-state index contributed by atoms with van der Waals surface area (Å²) < 4.78 is 1.81. The first kappa shape index (κ1) is 9.15. The Labute approximate surface area is 71.8 Å². The van der Waals surface area contributed by atoms with Crippen LogP contribution in [0.2, 0.25) is 0 Å². The molecule has 0 saturated heterocycles. The number of hydrogen-bond donors (Lipinski definition) is 2. The maximum atomic E-state index is 5.49. The molecule has 0 aliphatic heterocycles. The number of nitrogens with zero attached hydrogens (tertiary/aromatic N) is 3. The normalized spacial score (nSPS) is 11.1. The molecule has 0 aliphatic rings. The fraction of sp³-hybridized carbons (Fsp3) is 0.714. The molecule has 1 aromatic heterocycles. The molecule has 12 heavy (non-hydrogen) atoms. The van der Waals surface area contributed by atoms with Gasteiger partial charge in [-0.2, -0.15) is 5.10 Å². The van der Waals surface area contributed by atoms with Crippen LogP contribution in [0, 0.1) is 0 Å². The highest BCUT2D eigenvalue weighted by atomic mass is 15.4. The van der Waals surface area contributed by atoms with Crippen molar-refractivity contribution in [2.75, 3.05) is 0 Å². The van der Waals surface area contributed by atoms with Gasteiger partial charge in [0, 0.05) is 6.04 Å². The molecule has 0 radical (unpaired) electrons. The monoisotopic (exact) mass is 169 g/mol. The third-order valence-corrected chi connectivity index (χ3v) is 1.60. The van der Waals surface area contributed by atoms with E-state index in [0.29, 0.717) is 18.9 Å². The summed E-state index contributed by atoms with van der Waals surface area (Å²) >= 11 is 0. The molecular formula is C7H15N5. The molecule has 1 heterocycles. The second-order valence-corrected chi connectivity index (χ2v) is 2.89. The fourth-order valence-corrected chi connectivity index (χ4v) is 1.04. The zero-order valence-corrected chi connectivity index (χ0v) is 7.49. The molecule has 0 saturated carbocycles. The first-order valence-electron chi connectivity index (χ1n) is 4.03. The summed E-state index contributed by atoms with van der Waals surface area (Å²) in [5.41, 5.74) is 10.9. The molecule has 0 bridgehead atoms. The van der Waals surface area contributed by atoms with Crippen LogP contribution in [-0.2, 0) is 13.1 Å². The van der Waals surface area contributed by atoms with E-state index in [1.54, 1.807) is 0 Å². The molecule has 0 aromatic carbocycles. The molecule has 4 N–H and O–H groups in total. The Morgan fingerprint density at radius 2 is 2.00 bits per heavy atom. The van der Waals surface area contributed by atoms with E-state index in [4.69, 9.17) is 11.5 Å². The van der Waals surface area contributed by atoms with Gasteiger partial charge in [-0.15, -0.1) is 0 Å². The van der Waals surface area contributed by atoms with E-state index in [2.05, 4.69) is 10.1 Å². The smallest absolute Gasteiger partial charge is 0.164 e. The molecular weight excluding hydrogens is 154 g/mol. The van der Waals surface area contributed by atoms with Crippen molar-refractivity contribution in [1.29, 1.82) is 0 Å². The Morgan fingerprint density at radius 1 is 1.33 bits per heavy atom. The molecule has 1 aromatic rings. The van der Waals surface area contributed by atoms with E-state index in [1.165, 1.54) is 0 Å². The average molecular weight is 169 g/mol. The molecule has 0 atom stereocenters. The average Bonchev–Trinajstić information content (AvgIpc) is 2.47. The van der Waals surface area contributed by atoms with Gasteiger partial charge in [-0.05, 0) is 13.8 Å². The molecule has 68 valence electrons. The second kappa shape index (κ2) is 3.64. The van der Waals surface area contributed by atoms with Crippen LogP contribution >= 0.6 is 0 Å². The third kappa shape index (κ3) is 1.62.